The van der Waals surface area contributed by atoms with Crippen molar-refractivity contribution >= 4 is 40.3 Å². The lowest BCUT2D eigenvalue weighted by Crippen LogP contribution is -1.97. The highest BCUT2D eigenvalue weighted by Crippen LogP contribution is 2.39. The van der Waals surface area contributed by atoms with Gasteiger partial charge in [-0.3, -0.25) is 9.98 Å². The molecule has 0 N–H and O–H groups in total. The molecule has 0 fully saturated rings. The summed E-state index contributed by atoms with van der Waals surface area (Å²) >= 11 is 0. The van der Waals surface area contributed by atoms with Crippen LogP contribution in [0, 0.1) is 0 Å². The maximum atomic E-state index is 6.12. The zero-order valence-corrected chi connectivity index (χ0v) is 18.4. The zero-order chi connectivity index (χ0) is 22.6. The number of benzene rings is 3. The predicted octanol–water partition coefficient (Wildman–Crippen LogP) is 7.39. The van der Waals surface area contributed by atoms with E-state index in [9.17, 15) is 0 Å². The number of nitrogens with zero attached hydrogens (tertiary/aromatic N) is 3. The minimum Gasteiger partial charge on any atom is -0.487 e. The fourth-order valence-corrected chi connectivity index (χ4v) is 4.04. The van der Waals surface area contributed by atoms with Crippen LogP contribution in [0.2, 0.25) is 0 Å². The number of aromatic nitrogens is 2. The van der Waals surface area contributed by atoms with E-state index >= 15 is 0 Å². The van der Waals surface area contributed by atoms with Crippen LogP contribution >= 0.6 is 0 Å². The summed E-state index contributed by atoms with van der Waals surface area (Å²) in [7, 11) is 0. The fourth-order valence-electron chi connectivity index (χ4n) is 4.04. The molecule has 0 amide bonds. The molecule has 0 aliphatic heterocycles. The maximum Gasteiger partial charge on any atom is 0.146 e. The van der Waals surface area contributed by atoms with Gasteiger partial charge in [-0.15, -0.1) is 0 Å². The van der Waals surface area contributed by atoms with Crippen molar-refractivity contribution in [3.8, 4) is 17.0 Å². The molecule has 0 aliphatic carbocycles. The molecule has 0 unspecified atom stereocenters. The Kier molecular flexibility index (Phi) is 5.64. The summed E-state index contributed by atoms with van der Waals surface area (Å²) in [5.74, 6) is 0.693. The van der Waals surface area contributed by atoms with Gasteiger partial charge in [-0.05, 0) is 43.5 Å². The van der Waals surface area contributed by atoms with Crippen LogP contribution in [0.5, 0.6) is 5.75 Å². The van der Waals surface area contributed by atoms with Crippen LogP contribution in [0.1, 0.15) is 18.1 Å². The van der Waals surface area contributed by atoms with E-state index < -0.39 is 0 Å². The van der Waals surface area contributed by atoms with Crippen LogP contribution in [0.4, 0.5) is 5.69 Å². The molecule has 0 spiro atoms. The van der Waals surface area contributed by atoms with E-state index in [2.05, 4.69) is 41.0 Å². The molecule has 0 atom stereocenters. The van der Waals surface area contributed by atoms with E-state index in [0.717, 1.165) is 44.2 Å². The van der Waals surface area contributed by atoms with Crippen LogP contribution in [0.25, 0.3) is 39.1 Å². The lowest BCUT2D eigenvalue weighted by molar-refractivity contribution is 0.307. The third-order valence-electron chi connectivity index (χ3n) is 5.62. The van der Waals surface area contributed by atoms with E-state index in [1.807, 2.05) is 73.7 Å². The van der Waals surface area contributed by atoms with Crippen LogP contribution < -0.4 is 4.74 Å². The Morgan fingerprint density at radius 3 is 2.45 bits per heavy atom. The summed E-state index contributed by atoms with van der Waals surface area (Å²) in [5, 5.41) is 2.13. The molecule has 4 nitrogen and oxygen atoms in total. The second kappa shape index (κ2) is 9.05. The summed E-state index contributed by atoms with van der Waals surface area (Å²) in [6.45, 7) is 6.27. The van der Waals surface area contributed by atoms with E-state index in [1.165, 1.54) is 0 Å². The predicted molar refractivity (Wildman–Crippen MR) is 137 cm³/mol. The standard InChI is InChI=1S/C29H23N3O/c1-3-8-24-23(15-17-26(29(24)30-2)33-19-20-9-5-4-6-10-20)25-16-14-22-13-12-21-11-7-18-31-27(21)28(22)32-25/h3-18H,2,19H2,1H3/b8-3-. The minimum absolute atomic E-state index is 0.462. The number of allylic oxidation sites excluding steroid dienone is 1. The SMILES string of the molecule is C=Nc1c(OCc2ccccc2)ccc(-c2ccc3ccc4cccnc4c3n2)c1/C=C\C. The van der Waals surface area contributed by atoms with Crippen LogP contribution in [-0.4, -0.2) is 16.7 Å². The Hall–Kier alpha value is -4.31. The third kappa shape index (κ3) is 3.99. The van der Waals surface area contributed by atoms with Gasteiger partial charge in [0.25, 0.3) is 0 Å². The lowest BCUT2D eigenvalue weighted by Gasteiger charge is -2.15. The number of aliphatic imine (C=N–C) groups is 1. The number of hydrogen-bond acceptors (Lipinski definition) is 4. The average Bonchev–Trinajstić information content (AvgIpc) is 2.88. The molecule has 0 saturated carbocycles. The molecule has 0 bridgehead atoms. The second-order valence-corrected chi connectivity index (χ2v) is 7.71. The highest BCUT2D eigenvalue weighted by molar-refractivity contribution is 6.03. The van der Waals surface area contributed by atoms with Gasteiger partial charge in [0.1, 0.15) is 18.0 Å². The number of pyridine rings is 2. The smallest absolute Gasteiger partial charge is 0.146 e. The summed E-state index contributed by atoms with van der Waals surface area (Å²) < 4.78 is 6.12. The first-order valence-corrected chi connectivity index (χ1v) is 10.9. The van der Waals surface area contributed by atoms with Crippen molar-refractivity contribution in [3.05, 3.63) is 102 Å². The van der Waals surface area contributed by atoms with Crippen molar-refractivity contribution in [2.75, 3.05) is 0 Å². The van der Waals surface area contributed by atoms with E-state index in [1.54, 1.807) is 6.20 Å². The van der Waals surface area contributed by atoms with Crippen LogP contribution in [0.15, 0.2) is 96.1 Å². The zero-order valence-electron chi connectivity index (χ0n) is 18.4. The molecule has 160 valence electrons. The minimum atomic E-state index is 0.462. The number of hydrogen-bond donors (Lipinski definition) is 0. The van der Waals surface area contributed by atoms with Crippen molar-refractivity contribution in [3.63, 3.8) is 0 Å². The molecule has 2 heterocycles. The van der Waals surface area contributed by atoms with Crippen molar-refractivity contribution in [2.24, 2.45) is 4.99 Å². The second-order valence-electron chi connectivity index (χ2n) is 7.71. The molecule has 2 aromatic heterocycles. The molecule has 0 aliphatic rings. The summed E-state index contributed by atoms with van der Waals surface area (Å²) in [5.41, 5.74) is 6.34. The van der Waals surface area contributed by atoms with E-state index in [4.69, 9.17) is 9.72 Å². The summed E-state index contributed by atoms with van der Waals surface area (Å²) in [6.07, 6.45) is 5.83. The van der Waals surface area contributed by atoms with Crippen molar-refractivity contribution in [2.45, 2.75) is 13.5 Å². The van der Waals surface area contributed by atoms with E-state index in [-0.39, 0.29) is 0 Å². The van der Waals surface area contributed by atoms with Crippen molar-refractivity contribution in [1.29, 1.82) is 0 Å². The van der Waals surface area contributed by atoms with Crippen LogP contribution in [-0.2, 0) is 6.61 Å². The molecule has 33 heavy (non-hydrogen) atoms. The van der Waals surface area contributed by atoms with Gasteiger partial charge in [-0.2, -0.15) is 0 Å². The molecule has 5 rings (SSSR count). The maximum absolute atomic E-state index is 6.12. The molecule has 0 saturated heterocycles. The Labute approximate surface area is 192 Å². The Bertz CT molecular complexity index is 1490. The average molecular weight is 430 g/mol. The van der Waals surface area contributed by atoms with E-state index in [0.29, 0.717) is 18.0 Å². The molecule has 4 heteroatoms. The first-order valence-electron chi connectivity index (χ1n) is 10.9. The highest BCUT2D eigenvalue weighted by Gasteiger charge is 2.15. The van der Waals surface area contributed by atoms with Gasteiger partial charge in [-0.25, -0.2) is 4.98 Å². The number of rotatable bonds is 6. The summed E-state index contributed by atoms with van der Waals surface area (Å²) in [4.78, 5) is 13.9. The molecule has 3 aromatic carbocycles. The van der Waals surface area contributed by atoms with Gasteiger partial charge in [0, 0.05) is 28.1 Å². The van der Waals surface area contributed by atoms with Gasteiger partial charge in [0.05, 0.1) is 16.7 Å². The monoisotopic (exact) mass is 429 g/mol. The van der Waals surface area contributed by atoms with Crippen molar-refractivity contribution < 1.29 is 4.74 Å². The molecular formula is C29H23N3O. The first kappa shape index (κ1) is 20.6. The topological polar surface area (TPSA) is 47.4 Å². The highest BCUT2D eigenvalue weighted by atomic mass is 16.5. The van der Waals surface area contributed by atoms with Crippen molar-refractivity contribution in [1.82, 2.24) is 9.97 Å². The normalized spacial score (nSPS) is 11.3. The Morgan fingerprint density at radius 2 is 1.67 bits per heavy atom. The van der Waals surface area contributed by atoms with Gasteiger partial charge in [0.15, 0.2) is 0 Å². The quantitative estimate of drug-likeness (QED) is 0.209. The van der Waals surface area contributed by atoms with Crippen LogP contribution in [0.3, 0.4) is 0 Å². The summed E-state index contributed by atoms with van der Waals surface area (Å²) in [6, 6.07) is 26.4. The molecule has 0 radical (unpaired) electrons. The third-order valence-corrected chi connectivity index (χ3v) is 5.62. The molecule has 5 aromatic rings. The Morgan fingerprint density at radius 1 is 0.879 bits per heavy atom. The molecular weight excluding hydrogens is 406 g/mol. The van der Waals surface area contributed by atoms with Gasteiger partial charge in [0.2, 0.25) is 0 Å². The largest absolute Gasteiger partial charge is 0.487 e. The van der Waals surface area contributed by atoms with Gasteiger partial charge >= 0.3 is 0 Å². The van der Waals surface area contributed by atoms with Gasteiger partial charge < -0.3 is 4.74 Å². The van der Waals surface area contributed by atoms with Gasteiger partial charge in [-0.1, -0.05) is 66.7 Å². The number of ether oxygens (including phenoxy) is 1. The fraction of sp³-hybridized carbons (Fsp3) is 0.0690. The lowest BCUT2D eigenvalue weighted by atomic mass is 9.99. The number of fused-ring (bicyclic) bond motifs is 3. The first-order chi connectivity index (χ1) is 16.3. The Balaban J connectivity index is 1.62.